The molecule has 0 aromatic rings. The summed E-state index contributed by atoms with van der Waals surface area (Å²) in [5, 5.41) is 0. The molecule has 0 atom stereocenters. The second kappa shape index (κ2) is 10.9. The summed E-state index contributed by atoms with van der Waals surface area (Å²) in [6.07, 6.45) is 0. The fourth-order valence-corrected chi connectivity index (χ4v) is 0. The molecule has 0 radical (unpaired) electrons. The van der Waals surface area contributed by atoms with Crippen molar-refractivity contribution in [3.8, 4) is 0 Å². The van der Waals surface area contributed by atoms with Gasteiger partial charge in [0.1, 0.15) is 0 Å². The molecule has 0 saturated heterocycles. The van der Waals surface area contributed by atoms with E-state index in [-0.39, 0.29) is 0 Å². The van der Waals surface area contributed by atoms with Crippen LogP contribution < -0.4 is 19.8 Å². The minimum atomic E-state index is -5.75. The van der Waals surface area contributed by atoms with Gasteiger partial charge < -0.3 is 11.5 Å². The van der Waals surface area contributed by atoms with Crippen LogP contribution in [0.3, 0.4) is 0 Å². The minimum absolute atomic E-state index is 1.75. The first-order chi connectivity index (χ1) is 4.00. The molecular weight excluding hydrogens is 195 g/mol. The summed E-state index contributed by atoms with van der Waals surface area (Å²) >= 11 is -5.75. The fraction of sp³-hybridized carbons (Fsp3) is 1.00. The van der Waals surface area contributed by atoms with Crippen molar-refractivity contribution < 1.29 is 27.5 Å². The van der Waals surface area contributed by atoms with Crippen LogP contribution in [-0.2, 0) is 7.67 Å². The third kappa shape index (κ3) is 172000. The zero-order chi connectivity index (χ0) is 8.50. The van der Waals surface area contributed by atoms with Crippen molar-refractivity contribution in [1.82, 2.24) is 0 Å². The predicted octanol–water partition coefficient (Wildman–Crippen LogP) is -5.28. The summed E-state index contributed by atoms with van der Waals surface area (Å²) in [6.45, 7) is 0. The van der Waals surface area contributed by atoms with Gasteiger partial charge in [0.25, 0.3) is 0 Å². The SMILES string of the molecule is C[NH3+].C[NH3+].O=[Se](=O)([O-])[O-]. The standard InChI is InChI=1S/2CH5N.H2O4Se/c2*1-2;1-5(2,3)4/h2*2H2,1H3;(H2,1,2,3,4). The van der Waals surface area contributed by atoms with Crippen molar-refractivity contribution in [3.05, 3.63) is 0 Å². The Balaban J connectivity index is -0.0000000771. The number of rotatable bonds is 0. The second-order valence-electron chi connectivity index (χ2n) is 0.408. The van der Waals surface area contributed by atoms with Gasteiger partial charge in [-0.25, -0.2) is 0 Å². The first kappa shape index (κ1) is 16.0. The Bertz CT molecular complexity index is 99.7. The molecule has 7 heteroatoms. The first-order valence-electron chi connectivity index (χ1n) is 2.08. The molecule has 0 aliphatic carbocycles. The Morgan fingerprint density at radius 3 is 1.00 bits per heavy atom. The normalized spacial score (nSPS) is 7.78. The zero-order valence-corrected chi connectivity index (χ0v) is 7.17. The van der Waals surface area contributed by atoms with Crippen molar-refractivity contribution in [2.24, 2.45) is 0 Å². The number of quaternary nitrogens is 2. The third-order valence-electron chi connectivity index (χ3n) is 0. The summed E-state index contributed by atoms with van der Waals surface area (Å²) in [5.74, 6) is 0. The molecule has 0 heterocycles. The molecule has 0 saturated carbocycles. The van der Waals surface area contributed by atoms with E-state index in [1.54, 1.807) is 14.1 Å². The Morgan fingerprint density at radius 2 is 1.00 bits per heavy atom. The number of hydrogen-bond acceptors (Lipinski definition) is 4. The molecule has 0 aromatic carbocycles. The topological polar surface area (TPSA) is 136 Å². The predicted molar refractivity (Wildman–Crippen MR) is 24.8 cm³/mol. The van der Waals surface area contributed by atoms with Crippen LogP contribution in [-0.4, -0.2) is 27.5 Å². The van der Waals surface area contributed by atoms with Crippen LogP contribution in [0.4, 0.5) is 0 Å². The molecule has 0 rings (SSSR count). The summed E-state index contributed by atoms with van der Waals surface area (Å²) in [5.41, 5.74) is 6.50. The average molecular weight is 207 g/mol. The molecule has 0 bridgehead atoms. The Kier molecular flexibility index (Phi) is 19.3. The van der Waals surface area contributed by atoms with E-state index >= 15 is 0 Å². The monoisotopic (exact) mass is 208 g/mol. The third-order valence-corrected chi connectivity index (χ3v) is 0. The van der Waals surface area contributed by atoms with E-state index in [0.717, 1.165) is 0 Å². The molecule has 0 amide bonds. The van der Waals surface area contributed by atoms with Crippen molar-refractivity contribution in [1.29, 1.82) is 0 Å². The van der Waals surface area contributed by atoms with Crippen LogP contribution in [0.1, 0.15) is 0 Å². The summed E-state index contributed by atoms with van der Waals surface area (Å²) < 4.78 is 34.4. The van der Waals surface area contributed by atoms with E-state index in [2.05, 4.69) is 11.5 Å². The summed E-state index contributed by atoms with van der Waals surface area (Å²) in [7, 11) is 3.50. The van der Waals surface area contributed by atoms with E-state index in [1.165, 1.54) is 0 Å². The molecule has 0 fully saturated rings. The van der Waals surface area contributed by atoms with Gasteiger partial charge >= 0.3 is 29.4 Å². The molecule has 0 spiro atoms. The molecular formula is C2H12N2O4Se. The molecule has 0 aliphatic heterocycles. The average Bonchev–Trinajstić information content (AvgIpc) is 1.72. The van der Waals surface area contributed by atoms with Crippen LogP contribution in [0, 0.1) is 0 Å². The van der Waals surface area contributed by atoms with E-state index in [4.69, 9.17) is 16.0 Å². The van der Waals surface area contributed by atoms with Gasteiger partial charge in [-0.3, -0.25) is 0 Å². The van der Waals surface area contributed by atoms with Crippen LogP contribution in [0.5, 0.6) is 0 Å². The zero-order valence-electron chi connectivity index (χ0n) is 5.46. The van der Waals surface area contributed by atoms with Crippen LogP contribution in [0.25, 0.3) is 0 Å². The Hall–Kier alpha value is -0.0405. The molecule has 0 aliphatic rings. The molecule has 6 nitrogen and oxygen atoms in total. The van der Waals surface area contributed by atoms with Crippen LogP contribution >= 0.6 is 0 Å². The van der Waals surface area contributed by atoms with Gasteiger partial charge in [-0.15, -0.1) is 0 Å². The van der Waals surface area contributed by atoms with Crippen molar-refractivity contribution >= 4 is 13.4 Å². The summed E-state index contributed by atoms with van der Waals surface area (Å²) in [6, 6.07) is 0. The Labute approximate surface area is 55.8 Å². The van der Waals surface area contributed by atoms with Gasteiger partial charge in [-0.1, -0.05) is 0 Å². The van der Waals surface area contributed by atoms with Crippen molar-refractivity contribution in [2.45, 2.75) is 0 Å². The molecule has 0 unspecified atom stereocenters. The molecule has 6 N–H and O–H groups in total. The van der Waals surface area contributed by atoms with E-state index in [9.17, 15) is 0 Å². The van der Waals surface area contributed by atoms with Gasteiger partial charge in [0, 0.05) is 0 Å². The van der Waals surface area contributed by atoms with Crippen molar-refractivity contribution in [3.63, 3.8) is 0 Å². The second-order valence-corrected chi connectivity index (χ2v) is 2.12. The van der Waals surface area contributed by atoms with Gasteiger partial charge in [0.05, 0.1) is 14.1 Å². The molecule has 9 heavy (non-hydrogen) atoms. The Morgan fingerprint density at radius 1 is 1.00 bits per heavy atom. The molecule has 60 valence electrons. The van der Waals surface area contributed by atoms with Crippen molar-refractivity contribution in [2.75, 3.05) is 14.1 Å². The maximum atomic E-state index is 8.59. The van der Waals surface area contributed by atoms with Crippen LogP contribution in [0.15, 0.2) is 0 Å². The van der Waals surface area contributed by atoms with Gasteiger partial charge in [0.2, 0.25) is 0 Å². The van der Waals surface area contributed by atoms with E-state index < -0.39 is 13.4 Å². The maximum absolute atomic E-state index is 8.59. The quantitative estimate of drug-likeness (QED) is 0.383. The van der Waals surface area contributed by atoms with Gasteiger partial charge in [0.15, 0.2) is 0 Å². The van der Waals surface area contributed by atoms with Crippen LogP contribution in [0.2, 0.25) is 0 Å². The van der Waals surface area contributed by atoms with Gasteiger partial charge in [-0.05, 0) is 0 Å². The summed E-state index contributed by atoms with van der Waals surface area (Å²) in [4.78, 5) is 0. The fourth-order valence-electron chi connectivity index (χ4n) is 0. The first-order valence-corrected chi connectivity index (χ1v) is 4.88. The van der Waals surface area contributed by atoms with E-state index in [0.29, 0.717) is 0 Å². The number of hydrogen-bond donors (Lipinski definition) is 2. The molecule has 0 aromatic heterocycles. The van der Waals surface area contributed by atoms with Gasteiger partial charge in [-0.2, -0.15) is 0 Å². The van der Waals surface area contributed by atoms with E-state index in [1.807, 2.05) is 0 Å².